The van der Waals surface area contributed by atoms with Crippen LogP contribution in [0.1, 0.15) is 43.5 Å². The van der Waals surface area contributed by atoms with E-state index in [1.54, 1.807) is 11.9 Å². The van der Waals surface area contributed by atoms with Crippen molar-refractivity contribution in [1.82, 2.24) is 20.2 Å². The lowest BCUT2D eigenvalue weighted by atomic mass is 9.87. The highest BCUT2D eigenvalue weighted by molar-refractivity contribution is 5.27. The van der Waals surface area contributed by atoms with E-state index >= 15 is 0 Å². The van der Waals surface area contributed by atoms with Crippen LogP contribution in [0.4, 0.5) is 0 Å². The van der Waals surface area contributed by atoms with Crippen LogP contribution in [-0.2, 0) is 13.0 Å². The third-order valence-corrected chi connectivity index (χ3v) is 4.17. The van der Waals surface area contributed by atoms with E-state index in [1.165, 1.54) is 32.1 Å². The van der Waals surface area contributed by atoms with Crippen LogP contribution in [0.25, 0.3) is 0 Å². The topological polar surface area (TPSA) is 52.8 Å². The number of ether oxygens (including phenoxy) is 1. The molecule has 2 aromatic rings. The van der Waals surface area contributed by atoms with Crippen molar-refractivity contribution >= 4 is 0 Å². The summed E-state index contributed by atoms with van der Waals surface area (Å²) in [5, 5.41) is 12.9. The molecule has 0 unspecified atom stereocenters. The summed E-state index contributed by atoms with van der Waals surface area (Å²) in [4.78, 5) is 1.68. The molecule has 0 N–H and O–H groups in total. The standard InChI is InChI=1S/C16H22N4O/c1-21-15-9-7-14(8-10-15)12-20-18-16(17-19-20)11-13-5-3-2-4-6-13/h7-10,13H,2-6,11-12H2,1H3. The molecule has 0 bridgehead atoms. The second-order valence-electron chi connectivity index (χ2n) is 5.79. The molecule has 0 amide bonds. The molecule has 0 saturated heterocycles. The summed E-state index contributed by atoms with van der Waals surface area (Å²) in [6.45, 7) is 0.654. The Hall–Kier alpha value is -1.91. The van der Waals surface area contributed by atoms with Crippen molar-refractivity contribution < 1.29 is 4.74 Å². The number of aromatic nitrogens is 4. The third kappa shape index (κ3) is 3.80. The van der Waals surface area contributed by atoms with Crippen LogP contribution in [0.5, 0.6) is 5.75 Å². The fourth-order valence-corrected chi connectivity index (χ4v) is 2.97. The van der Waals surface area contributed by atoms with Crippen molar-refractivity contribution in [2.75, 3.05) is 7.11 Å². The molecule has 21 heavy (non-hydrogen) atoms. The molecule has 0 atom stereocenters. The molecular formula is C16H22N4O. The van der Waals surface area contributed by atoms with E-state index in [0.29, 0.717) is 6.54 Å². The van der Waals surface area contributed by atoms with Gasteiger partial charge in [0.2, 0.25) is 0 Å². The SMILES string of the molecule is COc1ccc(Cn2nnc(CC3CCCCC3)n2)cc1. The molecule has 0 radical (unpaired) electrons. The van der Waals surface area contributed by atoms with Crippen LogP contribution in [0.2, 0.25) is 0 Å². The van der Waals surface area contributed by atoms with Crippen molar-refractivity contribution in [2.24, 2.45) is 5.92 Å². The first-order valence-electron chi connectivity index (χ1n) is 7.73. The summed E-state index contributed by atoms with van der Waals surface area (Å²) in [6.07, 6.45) is 7.69. The highest BCUT2D eigenvalue weighted by Gasteiger charge is 2.16. The number of benzene rings is 1. The van der Waals surface area contributed by atoms with Gasteiger partial charge in [-0.2, -0.15) is 4.80 Å². The summed E-state index contributed by atoms with van der Waals surface area (Å²) in [7, 11) is 1.67. The van der Waals surface area contributed by atoms with Crippen LogP contribution in [0.15, 0.2) is 24.3 Å². The van der Waals surface area contributed by atoms with Crippen molar-refractivity contribution in [3.8, 4) is 5.75 Å². The third-order valence-electron chi connectivity index (χ3n) is 4.17. The summed E-state index contributed by atoms with van der Waals surface area (Å²) >= 11 is 0. The molecule has 1 heterocycles. The zero-order valence-electron chi connectivity index (χ0n) is 12.5. The number of tetrazole rings is 1. The maximum Gasteiger partial charge on any atom is 0.175 e. The van der Waals surface area contributed by atoms with Gasteiger partial charge in [0.1, 0.15) is 5.75 Å². The van der Waals surface area contributed by atoms with Crippen LogP contribution in [-0.4, -0.2) is 27.3 Å². The van der Waals surface area contributed by atoms with E-state index in [2.05, 4.69) is 15.4 Å². The summed E-state index contributed by atoms with van der Waals surface area (Å²) in [6, 6.07) is 7.97. The molecule has 1 aliphatic carbocycles. The smallest absolute Gasteiger partial charge is 0.175 e. The quantitative estimate of drug-likeness (QED) is 0.848. The lowest BCUT2D eigenvalue weighted by molar-refractivity contribution is 0.351. The first kappa shape index (κ1) is 14.0. The first-order valence-corrected chi connectivity index (χ1v) is 7.73. The van der Waals surface area contributed by atoms with Crippen LogP contribution in [0, 0.1) is 5.92 Å². The Bertz CT molecular complexity index is 558. The molecular weight excluding hydrogens is 264 g/mol. The summed E-state index contributed by atoms with van der Waals surface area (Å²) in [5.41, 5.74) is 1.15. The Kier molecular flexibility index (Phi) is 4.48. The van der Waals surface area contributed by atoms with Gasteiger partial charge in [-0.05, 0) is 28.8 Å². The van der Waals surface area contributed by atoms with Gasteiger partial charge in [-0.1, -0.05) is 44.2 Å². The Balaban J connectivity index is 1.58. The number of hydrogen-bond donors (Lipinski definition) is 0. The van der Waals surface area contributed by atoms with Crippen LogP contribution >= 0.6 is 0 Å². The Morgan fingerprint density at radius 1 is 1.14 bits per heavy atom. The zero-order chi connectivity index (χ0) is 14.5. The molecule has 112 valence electrons. The van der Waals surface area contributed by atoms with Gasteiger partial charge in [-0.25, -0.2) is 0 Å². The maximum absolute atomic E-state index is 5.16. The van der Waals surface area contributed by atoms with Gasteiger partial charge in [-0.15, -0.1) is 10.2 Å². The second kappa shape index (κ2) is 6.70. The van der Waals surface area contributed by atoms with E-state index in [1.807, 2.05) is 24.3 Å². The lowest BCUT2D eigenvalue weighted by Crippen LogP contribution is -2.10. The Morgan fingerprint density at radius 3 is 2.62 bits per heavy atom. The van der Waals surface area contributed by atoms with Crippen molar-refractivity contribution in [2.45, 2.75) is 45.1 Å². The van der Waals surface area contributed by atoms with E-state index in [9.17, 15) is 0 Å². The van der Waals surface area contributed by atoms with Crippen molar-refractivity contribution in [1.29, 1.82) is 0 Å². The second-order valence-corrected chi connectivity index (χ2v) is 5.79. The molecule has 3 rings (SSSR count). The van der Waals surface area contributed by atoms with Crippen LogP contribution < -0.4 is 4.74 Å². The predicted molar refractivity (Wildman–Crippen MR) is 80.2 cm³/mol. The molecule has 5 heteroatoms. The number of nitrogens with zero attached hydrogens (tertiary/aromatic N) is 4. The number of hydrogen-bond acceptors (Lipinski definition) is 4. The predicted octanol–water partition coefficient (Wildman–Crippen LogP) is 2.85. The van der Waals surface area contributed by atoms with Gasteiger partial charge in [0, 0.05) is 6.42 Å². The minimum Gasteiger partial charge on any atom is -0.497 e. The molecule has 0 spiro atoms. The fourth-order valence-electron chi connectivity index (χ4n) is 2.97. The highest BCUT2D eigenvalue weighted by atomic mass is 16.5. The number of rotatable bonds is 5. The first-order chi connectivity index (χ1) is 10.3. The van der Waals surface area contributed by atoms with Crippen molar-refractivity contribution in [3.63, 3.8) is 0 Å². The normalized spacial score (nSPS) is 16.0. The molecule has 1 aromatic carbocycles. The molecule has 1 aliphatic rings. The largest absolute Gasteiger partial charge is 0.497 e. The van der Waals surface area contributed by atoms with E-state index < -0.39 is 0 Å². The van der Waals surface area contributed by atoms with Gasteiger partial charge in [-0.3, -0.25) is 0 Å². The molecule has 1 aromatic heterocycles. The fraction of sp³-hybridized carbons (Fsp3) is 0.562. The minimum atomic E-state index is 0.654. The van der Waals surface area contributed by atoms with E-state index in [0.717, 1.165) is 29.5 Å². The summed E-state index contributed by atoms with van der Waals surface area (Å²) in [5.74, 6) is 2.50. The summed E-state index contributed by atoms with van der Waals surface area (Å²) < 4.78 is 5.16. The van der Waals surface area contributed by atoms with Gasteiger partial charge in [0.05, 0.1) is 13.7 Å². The van der Waals surface area contributed by atoms with Crippen molar-refractivity contribution in [3.05, 3.63) is 35.7 Å². The Labute approximate surface area is 125 Å². The lowest BCUT2D eigenvalue weighted by Gasteiger charge is -2.19. The van der Waals surface area contributed by atoms with E-state index in [4.69, 9.17) is 4.74 Å². The molecule has 0 aliphatic heterocycles. The van der Waals surface area contributed by atoms with E-state index in [-0.39, 0.29) is 0 Å². The maximum atomic E-state index is 5.16. The van der Waals surface area contributed by atoms with Crippen LogP contribution in [0.3, 0.4) is 0 Å². The van der Waals surface area contributed by atoms with Gasteiger partial charge in [0.25, 0.3) is 0 Å². The highest BCUT2D eigenvalue weighted by Crippen LogP contribution is 2.25. The average Bonchev–Trinajstić information content (AvgIpc) is 2.96. The van der Waals surface area contributed by atoms with Gasteiger partial charge >= 0.3 is 0 Å². The molecule has 5 nitrogen and oxygen atoms in total. The zero-order valence-corrected chi connectivity index (χ0v) is 12.5. The number of methoxy groups -OCH3 is 1. The Morgan fingerprint density at radius 2 is 1.90 bits per heavy atom. The molecule has 1 saturated carbocycles. The minimum absolute atomic E-state index is 0.654. The van der Waals surface area contributed by atoms with Gasteiger partial charge < -0.3 is 4.74 Å². The monoisotopic (exact) mass is 286 g/mol. The average molecular weight is 286 g/mol. The molecule has 1 fully saturated rings. The van der Waals surface area contributed by atoms with Gasteiger partial charge in [0.15, 0.2) is 5.82 Å².